The van der Waals surface area contributed by atoms with Gasteiger partial charge >= 0.3 is 0 Å². The van der Waals surface area contributed by atoms with Crippen LogP contribution in [0, 0.1) is 5.41 Å². The molecule has 0 spiro atoms. The summed E-state index contributed by atoms with van der Waals surface area (Å²) in [4.78, 5) is 11.9. The molecule has 1 atom stereocenters. The van der Waals surface area contributed by atoms with E-state index in [9.17, 15) is 4.79 Å². The van der Waals surface area contributed by atoms with Crippen LogP contribution < -0.4 is 5.32 Å². The number of halogens is 1. The molecule has 0 fully saturated rings. The molecule has 1 amide bonds. The topological polar surface area (TPSA) is 29.1 Å². The Kier molecular flexibility index (Phi) is 5.01. The van der Waals surface area contributed by atoms with Crippen LogP contribution in [-0.4, -0.2) is 17.8 Å². The number of hydrogen-bond donors (Lipinski definition) is 1. The first-order valence-electron chi connectivity index (χ1n) is 5.86. The molecule has 0 radical (unpaired) electrons. The van der Waals surface area contributed by atoms with Crippen molar-refractivity contribution in [3.05, 3.63) is 35.9 Å². The summed E-state index contributed by atoms with van der Waals surface area (Å²) in [5.74, 6) is 0.340. The number of hydrogen-bond acceptors (Lipinski definition) is 1. The van der Waals surface area contributed by atoms with Gasteiger partial charge in [-0.05, 0) is 32.8 Å². The van der Waals surface area contributed by atoms with Gasteiger partial charge < -0.3 is 5.32 Å². The van der Waals surface area contributed by atoms with Gasteiger partial charge in [-0.25, -0.2) is 0 Å². The van der Waals surface area contributed by atoms with Gasteiger partial charge in [0.05, 0.1) is 5.41 Å². The van der Waals surface area contributed by atoms with Crippen LogP contribution in [0.2, 0.25) is 0 Å². The number of rotatable bonds is 5. The molecule has 0 aliphatic heterocycles. The summed E-state index contributed by atoms with van der Waals surface area (Å²) < 4.78 is 0. The Morgan fingerprint density at radius 1 is 1.35 bits per heavy atom. The quantitative estimate of drug-likeness (QED) is 0.803. The molecule has 2 nitrogen and oxygen atoms in total. The fraction of sp³-hybridized carbons (Fsp3) is 0.500. The minimum atomic E-state index is -0.507. The van der Waals surface area contributed by atoms with E-state index in [4.69, 9.17) is 11.6 Å². The summed E-state index contributed by atoms with van der Waals surface area (Å²) in [6.07, 6.45) is 0.838. The van der Waals surface area contributed by atoms with Gasteiger partial charge in [0.15, 0.2) is 0 Å². The summed E-state index contributed by atoms with van der Waals surface area (Å²) in [6, 6.07) is 10.3. The van der Waals surface area contributed by atoms with Crippen LogP contribution in [-0.2, 0) is 11.2 Å². The van der Waals surface area contributed by atoms with Crippen LogP contribution in [0.3, 0.4) is 0 Å². The Hall–Kier alpha value is -1.02. The summed E-state index contributed by atoms with van der Waals surface area (Å²) in [5, 5.41) is 3.00. The van der Waals surface area contributed by atoms with Crippen LogP contribution in [0.5, 0.6) is 0 Å². The van der Waals surface area contributed by atoms with Gasteiger partial charge in [-0.2, -0.15) is 0 Å². The highest BCUT2D eigenvalue weighted by molar-refractivity contribution is 6.19. The van der Waals surface area contributed by atoms with E-state index in [1.165, 1.54) is 5.56 Å². The molecule has 0 saturated heterocycles. The molecule has 1 rings (SSSR count). The van der Waals surface area contributed by atoms with Crippen molar-refractivity contribution in [3.63, 3.8) is 0 Å². The van der Waals surface area contributed by atoms with Crippen LogP contribution in [0.25, 0.3) is 0 Å². The van der Waals surface area contributed by atoms with E-state index in [1.807, 2.05) is 39.0 Å². The lowest BCUT2D eigenvalue weighted by molar-refractivity contribution is -0.128. The van der Waals surface area contributed by atoms with Crippen molar-refractivity contribution in [2.45, 2.75) is 33.2 Å². The van der Waals surface area contributed by atoms with E-state index < -0.39 is 5.41 Å². The number of carbonyl (C=O) groups excluding carboxylic acids is 1. The highest BCUT2D eigenvalue weighted by Crippen LogP contribution is 2.17. The molecule has 0 bridgehead atoms. The molecule has 0 saturated carbocycles. The predicted octanol–water partition coefficient (Wildman–Crippen LogP) is 3.00. The molecular formula is C14H20ClNO. The number of benzene rings is 1. The molecule has 94 valence electrons. The van der Waals surface area contributed by atoms with Crippen molar-refractivity contribution in [1.29, 1.82) is 0 Å². The van der Waals surface area contributed by atoms with E-state index in [1.54, 1.807) is 0 Å². The fourth-order valence-corrected chi connectivity index (χ4v) is 1.62. The smallest absolute Gasteiger partial charge is 0.227 e. The van der Waals surface area contributed by atoms with E-state index in [2.05, 4.69) is 17.4 Å². The Morgan fingerprint density at radius 3 is 2.47 bits per heavy atom. The molecule has 1 unspecified atom stereocenters. The first-order chi connectivity index (χ1) is 7.95. The van der Waals surface area contributed by atoms with Gasteiger partial charge in [0.1, 0.15) is 0 Å². The molecule has 1 aromatic rings. The summed E-state index contributed by atoms with van der Waals surface area (Å²) in [5.41, 5.74) is 0.718. The molecule has 1 aromatic carbocycles. The third-order valence-corrected chi connectivity index (χ3v) is 3.38. The average Bonchev–Trinajstić information content (AvgIpc) is 2.30. The Bertz CT molecular complexity index is 362. The van der Waals surface area contributed by atoms with E-state index in [-0.39, 0.29) is 11.9 Å². The molecule has 3 heteroatoms. The third kappa shape index (κ3) is 4.39. The lowest BCUT2D eigenvalue weighted by Crippen LogP contribution is -2.43. The van der Waals surface area contributed by atoms with Crippen molar-refractivity contribution < 1.29 is 4.79 Å². The Balaban J connectivity index is 2.51. The van der Waals surface area contributed by atoms with Crippen LogP contribution in [0.4, 0.5) is 0 Å². The van der Waals surface area contributed by atoms with Gasteiger partial charge in [-0.15, -0.1) is 11.6 Å². The summed E-state index contributed by atoms with van der Waals surface area (Å²) in [6.45, 7) is 5.71. The Morgan fingerprint density at radius 2 is 1.94 bits per heavy atom. The number of amides is 1. The summed E-state index contributed by atoms with van der Waals surface area (Å²) >= 11 is 5.77. The van der Waals surface area contributed by atoms with Gasteiger partial charge in [-0.3, -0.25) is 4.79 Å². The second-order valence-corrected chi connectivity index (χ2v) is 5.35. The summed E-state index contributed by atoms with van der Waals surface area (Å²) in [7, 11) is 0. The van der Waals surface area contributed by atoms with Crippen molar-refractivity contribution in [3.8, 4) is 0 Å². The first-order valence-corrected chi connectivity index (χ1v) is 6.40. The van der Waals surface area contributed by atoms with Crippen molar-refractivity contribution in [1.82, 2.24) is 5.32 Å². The largest absolute Gasteiger partial charge is 0.353 e. The Labute approximate surface area is 108 Å². The zero-order valence-corrected chi connectivity index (χ0v) is 11.4. The van der Waals surface area contributed by atoms with Gasteiger partial charge in [0, 0.05) is 11.9 Å². The maximum atomic E-state index is 11.9. The van der Waals surface area contributed by atoms with Gasteiger partial charge in [0.2, 0.25) is 5.91 Å². The average molecular weight is 254 g/mol. The van der Waals surface area contributed by atoms with E-state index in [0.717, 1.165) is 6.42 Å². The van der Waals surface area contributed by atoms with Crippen molar-refractivity contribution in [2.75, 3.05) is 5.88 Å². The molecular weight excluding hydrogens is 234 g/mol. The van der Waals surface area contributed by atoms with Crippen LogP contribution >= 0.6 is 11.6 Å². The highest BCUT2D eigenvalue weighted by atomic mass is 35.5. The first kappa shape index (κ1) is 14.0. The zero-order chi connectivity index (χ0) is 12.9. The highest BCUT2D eigenvalue weighted by Gasteiger charge is 2.27. The van der Waals surface area contributed by atoms with E-state index >= 15 is 0 Å². The minimum Gasteiger partial charge on any atom is -0.353 e. The molecule has 0 heterocycles. The second kappa shape index (κ2) is 6.06. The molecule has 17 heavy (non-hydrogen) atoms. The molecule has 0 aliphatic rings. The number of carbonyl (C=O) groups is 1. The SMILES string of the molecule is CC(Cc1ccccc1)NC(=O)C(C)(C)CCl. The lowest BCUT2D eigenvalue weighted by atomic mass is 9.94. The third-order valence-electron chi connectivity index (χ3n) is 2.71. The molecule has 0 aliphatic carbocycles. The van der Waals surface area contributed by atoms with Crippen molar-refractivity contribution in [2.24, 2.45) is 5.41 Å². The normalized spacial score (nSPS) is 13.2. The zero-order valence-electron chi connectivity index (χ0n) is 10.7. The maximum Gasteiger partial charge on any atom is 0.227 e. The van der Waals surface area contributed by atoms with E-state index in [0.29, 0.717) is 5.88 Å². The van der Waals surface area contributed by atoms with Crippen LogP contribution in [0.15, 0.2) is 30.3 Å². The predicted molar refractivity (Wildman–Crippen MR) is 72.3 cm³/mol. The minimum absolute atomic E-state index is 0.0101. The second-order valence-electron chi connectivity index (χ2n) is 5.08. The van der Waals surface area contributed by atoms with Crippen LogP contribution in [0.1, 0.15) is 26.3 Å². The lowest BCUT2D eigenvalue weighted by Gasteiger charge is -2.23. The number of alkyl halides is 1. The van der Waals surface area contributed by atoms with Crippen molar-refractivity contribution >= 4 is 17.5 Å². The number of nitrogens with one attached hydrogen (secondary N) is 1. The molecule has 1 N–H and O–H groups in total. The fourth-order valence-electron chi connectivity index (χ4n) is 1.50. The molecule has 0 aromatic heterocycles. The van der Waals surface area contributed by atoms with Gasteiger partial charge in [-0.1, -0.05) is 30.3 Å². The standard InChI is InChI=1S/C14H20ClNO/c1-11(9-12-7-5-4-6-8-12)16-13(17)14(2,3)10-15/h4-8,11H,9-10H2,1-3H3,(H,16,17). The van der Waals surface area contributed by atoms with Gasteiger partial charge in [0.25, 0.3) is 0 Å². The maximum absolute atomic E-state index is 11.9. The monoisotopic (exact) mass is 253 g/mol.